The van der Waals surface area contributed by atoms with Gasteiger partial charge in [-0.25, -0.2) is 0 Å². The largest absolute Gasteiger partial charge is 0.504 e. The van der Waals surface area contributed by atoms with Crippen molar-refractivity contribution in [2.45, 2.75) is 27.7 Å². The minimum Gasteiger partial charge on any atom is -0.504 e. The number of phenols is 2. The van der Waals surface area contributed by atoms with E-state index >= 15 is 0 Å². The summed E-state index contributed by atoms with van der Waals surface area (Å²) in [6.07, 6.45) is 0. The monoisotopic (exact) mass is 374 g/mol. The van der Waals surface area contributed by atoms with Crippen LogP contribution in [0.25, 0.3) is 0 Å². The van der Waals surface area contributed by atoms with Gasteiger partial charge in [-0.05, 0) is 27.7 Å². The van der Waals surface area contributed by atoms with Crippen molar-refractivity contribution in [2.24, 2.45) is 0 Å². The number of nitrogens with zero attached hydrogens (tertiary/aromatic N) is 2. The van der Waals surface area contributed by atoms with E-state index in [2.05, 4.69) is 0 Å². The van der Waals surface area contributed by atoms with Crippen molar-refractivity contribution in [3.63, 3.8) is 0 Å². The van der Waals surface area contributed by atoms with Gasteiger partial charge in [0, 0.05) is 50.4 Å². The lowest BCUT2D eigenvalue weighted by Crippen LogP contribution is -2.22. The Morgan fingerprint density at radius 2 is 1.04 bits per heavy atom. The molecule has 27 heavy (non-hydrogen) atoms. The van der Waals surface area contributed by atoms with Crippen molar-refractivity contribution in [1.82, 2.24) is 0 Å². The molecule has 0 amide bonds. The predicted octanol–water partition coefficient (Wildman–Crippen LogP) is 3.75. The lowest BCUT2D eigenvalue weighted by molar-refractivity contribution is 0.461. The molecule has 0 aromatic heterocycles. The van der Waals surface area contributed by atoms with Gasteiger partial charge in [0.05, 0.1) is 22.7 Å². The minimum absolute atomic E-state index is 0.0418. The zero-order valence-electron chi connectivity index (χ0n) is 16.5. The maximum Gasteiger partial charge on any atom is 0.162 e. The van der Waals surface area contributed by atoms with Gasteiger partial charge < -0.3 is 36.2 Å². The summed E-state index contributed by atoms with van der Waals surface area (Å²) in [6, 6.07) is 6.64. The van der Waals surface area contributed by atoms with E-state index in [1.54, 1.807) is 24.3 Å². The molecule has 0 heterocycles. The summed E-state index contributed by atoms with van der Waals surface area (Å²) < 4.78 is 5.97. The number of rotatable bonds is 8. The molecule has 0 aliphatic rings. The van der Waals surface area contributed by atoms with Gasteiger partial charge >= 0.3 is 0 Å². The van der Waals surface area contributed by atoms with E-state index < -0.39 is 0 Å². The molecule has 0 aliphatic heterocycles. The molecule has 7 heteroatoms. The Hall–Kier alpha value is -2.96. The topological polar surface area (TPSA) is 108 Å². The third-order valence-electron chi connectivity index (χ3n) is 4.63. The average Bonchev–Trinajstić information content (AvgIpc) is 2.64. The molecule has 0 saturated carbocycles. The van der Waals surface area contributed by atoms with Gasteiger partial charge in [-0.1, -0.05) is 0 Å². The molecule has 0 fully saturated rings. The Balaban J connectivity index is 2.45. The number of ether oxygens (including phenoxy) is 1. The third-order valence-corrected chi connectivity index (χ3v) is 4.63. The number of hydrogen-bond donors (Lipinski definition) is 4. The number of aromatic hydroxyl groups is 2. The number of anilines is 4. The molecular formula is C20H30N4O3. The normalized spacial score (nSPS) is 10.7. The van der Waals surface area contributed by atoms with E-state index in [-0.39, 0.29) is 22.9 Å². The van der Waals surface area contributed by atoms with Crippen LogP contribution in [-0.4, -0.2) is 36.4 Å². The van der Waals surface area contributed by atoms with Gasteiger partial charge in [0.1, 0.15) is 11.5 Å². The maximum absolute atomic E-state index is 10.3. The van der Waals surface area contributed by atoms with Crippen LogP contribution in [0.3, 0.4) is 0 Å². The molecule has 0 unspecified atom stereocenters. The fraction of sp³-hybridized carbons (Fsp3) is 0.400. The first kappa shape index (κ1) is 20.4. The molecule has 0 spiro atoms. The second-order valence-corrected chi connectivity index (χ2v) is 6.21. The van der Waals surface area contributed by atoms with Crippen LogP contribution in [0.15, 0.2) is 24.3 Å². The van der Waals surface area contributed by atoms with Gasteiger partial charge in [0.15, 0.2) is 11.5 Å². The third kappa shape index (κ3) is 4.24. The Bertz CT molecular complexity index is 722. The first-order chi connectivity index (χ1) is 12.9. The molecular weight excluding hydrogens is 344 g/mol. The van der Waals surface area contributed by atoms with E-state index in [1.807, 2.05) is 37.5 Å². The Labute approximate surface area is 160 Å². The Morgan fingerprint density at radius 1 is 0.704 bits per heavy atom. The Kier molecular flexibility index (Phi) is 6.50. The van der Waals surface area contributed by atoms with Crippen LogP contribution in [0.5, 0.6) is 23.0 Å². The van der Waals surface area contributed by atoms with Crippen LogP contribution in [0.2, 0.25) is 0 Å². The first-order valence-corrected chi connectivity index (χ1v) is 9.28. The summed E-state index contributed by atoms with van der Waals surface area (Å²) >= 11 is 0. The smallest absolute Gasteiger partial charge is 0.162 e. The Morgan fingerprint density at radius 3 is 1.33 bits per heavy atom. The highest BCUT2D eigenvalue weighted by atomic mass is 16.5. The van der Waals surface area contributed by atoms with Gasteiger partial charge in [0.2, 0.25) is 0 Å². The zero-order chi connectivity index (χ0) is 20.1. The summed E-state index contributed by atoms with van der Waals surface area (Å²) in [5.41, 5.74) is 13.7. The predicted molar refractivity (Wildman–Crippen MR) is 112 cm³/mol. The standard InChI is InChI=1S/C20H30N4O3/c1-5-23(6-2)17-11-13(9-15(21)19(17)25)27-14-10-16(22)20(26)18(12-14)24(7-3)8-4/h9-12,25-26H,5-8,21-22H2,1-4H3. The van der Waals surface area contributed by atoms with Crippen molar-refractivity contribution >= 4 is 22.7 Å². The molecule has 7 nitrogen and oxygen atoms in total. The van der Waals surface area contributed by atoms with Crippen molar-refractivity contribution in [2.75, 3.05) is 47.4 Å². The molecule has 2 aromatic rings. The number of nitrogen functional groups attached to an aromatic ring is 2. The quantitative estimate of drug-likeness (QED) is 0.412. The van der Waals surface area contributed by atoms with Crippen LogP contribution in [0, 0.1) is 0 Å². The van der Waals surface area contributed by atoms with Crippen LogP contribution < -0.4 is 26.0 Å². The molecule has 0 bridgehead atoms. The van der Waals surface area contributed by atoms with Crippen LogP contribution in [-0.2, 0) is 0 Å². The number of phenolic OH excluding ortho intramolecular Hbond substituents is 2. The molecule has 0 aliphatic carbocycles. The highest BCUT2D eigenvalue weighted by Crippen LogP contribution is 2.41. The van der Waals surface area contributed by atoms with Crippen molar-refractivity contribution in [3.05, 3.63) is 24.3 Å². The molecule has 0 atom stereocenters. The molecule has 2 rings (SSSR count). The second kappa shape index (κ2) is 8.62. The van der Waals surface area contributed by atoms with Crippen LogP contribution in [0.4, 0.5) is 22.7 Å². The molecule has 2 aromatic carbocycles. The van der Waals surface area contributed by atoms with E-state index in [1.165, 1.54) is 0 Å². The number of benzene rings is 2. The molecule has 6 N–H and O–H groups in total. The fourth-order valence-corrected chi connectivity index (χ4v) is 3.09. The molecule has 0 saturated heterocycles. The lowest BCUT2D eigenvalue weighted by Gasteiger charge is -2.25. The van der Waals surface area contributed by atoms with Crippen molar-refractivity contribution in [3.8, 4) is 23.0 Å². The van der Waals surface area contributed by atoms with E-state index in [9.17, 15) is 10.2 Å². The van der Waals surface area contributed by atoms with Crippen LogP contribution >= 0.6 is 0 Å². The first-order valence-electron chi connectivity index (χ1n) is 9.28. The fourth-order valence-electron chi connectivity index (χ4n) is 3.09. The summed E-state index contributed by atoms with van der Waals surface area (Å²) in [5.74, 6) is 1.06. The highest BCUT2D eigenvalue weighted by Gasteiger charge is 2.16. The van der Waals surface area contributed by atoms with E-state index in [0.717, 1.165) is 26.2 Å². The van der Waals surface area contributed by atoms with Gasteiger partial charge in [-0.3, -0.25) is 0 Å². The summed E-state index contributed by atoms with van der Waals surface area (Å²) in [7, 11) is 0. The summed E-state index contributed by atoms with van der Waals surface area (Å²) in [4.78, 5) is 3.98. The van der Waals surface area contributed by atoms with Crippen molar-refractivity contribution in [1.29, 1.82) is 0 Å². The van der Waals surface area contributed by atoms with Gasteiger partial charge in [-0.2, -0.15) is 0 Å². The van der Waals surface area contributed by atoms with E-state index in [4.69, 9.17) is 16.2 Å². The maximum atomic E-state index is 10.3. The zero-order valence-corrected chi connectivity index (χ0v) is 16.5. The molecule has 0 radical (unpaired) electrons. The summed E-state index contributed by atoms with van der Waals surface area (Å²) in [6.45, 7) is 10.9. The minimum atomic E-state index is 0.0418. The van der Waals surface area contributed by atoms with Gasteiger partial charge in [-0.15, -0.1) is 0 Å². The van der Waals surface area contributed by atoms with Gasteiger partial charge in [0.25, 0.3) is 0 Å². The van der Waals surface area contributed by atoms with E-state index in [0.29, 0.717) is 22.9 Å². The van der Waals surface area contributed by atoms with Crippen LogP contribution in [0.1, 0.15) is 27.7 Å². The lowest BCUT2D eigenvalue weighted by atomic mass is 10.2. The summed E-state index contributed by atoms with van der Waals surface area (Å²) in [5, 5.41) is 20.6. The number of nitrogens with two attached hydrogens (primary N) is 2. The van der Waals surface area contributed by atoms with Crippen molar-refractivity contribution < 1.29 is 14.9 Å². The SMILES string of the molecule is CCN(CC)c1cc(Oc2cc(N)c(O)c(N(CC)CC)c2)cc(N)c1O. The molecule has 148 valence electrons. The highest BCUT2D eigenvalue weighted by molar-refractivity contribution is 5.74. The number of hydrogen-bond acceptors (Lipinski definition) is 7. The average molecular weight is 374 g/mol. The second-order valence-electron chi connectivity index (χ2n) is 6.21.